The van der Waals surface area contributed by atoms with E-state index in [0.717, 1.165) is 0 Å². The Morgan fingerprint density at radius 3 is 1.25 bits per heavy atom. The molecule has 2 N–H and O–H groups in total. The summed E-state index contributed by atoms with van der Waals surface area (Å²) >= 11 is 0. The molecule has 0 aliphatic rings. The predicted molar refractivity (Wildman–Crippen MR) is 11.6 cm³/mol. The monoisotopic (exact) mass is 171 g/mol. The van der Waals surface area contributed by atoms with Gasteiger partial charge in [-0.3, -0.25) is 0 Å². The van der Waals surface area contributed by atoms with E-state index in [1.54, 1.807) is 0 Å². The van der Waals surface area contributed by atoms with Gasteiger partial charge in [0, 0.05) is 38.8 Å². The minimum atomic E-state index is 0. The van der Waals surface area contributed by atoms with Gasteiger partial charge in [-0.1, -0.05) is 0 Å². The molecule has 27 valence electrons. The molecule has 0 heterocycles. The first-order chi connectivity index (χ1) is 0. The second kappa shape index (κ2) is 18.0. The Morgan fingerprint density at radius 2 is 1.25 bits per heavy atom. The Morgan fingerprint density at radius 1 is 1.25 bits per heavy atom. The van der Waals surface area contributed by atoms with Crippen LogP contribution in [0.5, 0.6) is 0 Å². The van der Waals surface area contributed by atoms with Crippen LogP contribution in [0, 0.1) is 0 Å². The van der Waals surface area contributed by atoms with Gasteiger partial charge in [-0.2, -0.15) is 0 Å². The summed E-state index contributed by atoms with van der Waals surface area (Å²) in [4.78, 5) is 0. The fourth-order valence-corrected chi connectivity index (χ4v) is 0. The molecule has 0 bridgehead atoms. The molecule has 0 aromatic rings. The van der Waals surface area contributed by atoms with Gasteiger partial charge >= 0.3 is 37.7 Å². The molecule has 0 saturated carbocycles. The van der Waals surface area contributed by atoms with Crippen LogP contribution in [0.1, 0.15) is 2.85 Å². The summed E-state index contributed by atoms with van der Waals surface area (Å²) in [5.41, 5.74) is 0. The summed E-state index contributed by atoms with van der Waals surface area (Å²) in [6, 6.07) is 0. The first kappa shape index (κ1) is 31.9. The van der Waals surface area contributed by atoms with Crippen LogP contribution in [-0.2, 0) is 38.8 Å². The van der Waals surface area contributed by atoms with Crippen molar-refractivity contribution in [2.45, 2.75) is 0 Å². The van der Waals surface area contributed by atoms with Crippen LogP contribution >= 0.6 is 0 Å². The van der Waals surface area contributed by atoms with E-state index < -0.39 is 0 Å². The van der Waals surface area contributed by atoms with Crippen molar-refractivity contribution in [2.75, 3.05) is 0 Å². The molecule has 0 saturated heterocycles. The van der Waals surface area contributed by atoms with Gasteiger partial charge < -0.3 is 8.33 Å². The second-order valence-corrected chi connectivity index (χ2v) is 0. The van der Waals surface area contributed by atoms with E-state index in [1.165, 1.54) is 0 Å². The average molecular weight is 172 g/mol. The minimum Gasteiger partial charge on any atom is -1.00 e. The van der Waals surface area contributed by atoms with Crippen LogP contribution in [-0.4, -0.2) is 43.2 Å². The van der Waals surface area contributed by atoms with Gasteiger partial charge in [-0.05, 0) is 0 Å². The van der Waals surface area contributed by atoms with Crippen molar-refractivity contribution >= 4 is 37.7 Å². The zero-order valence-electron chi connectivity index (χ0n) is 4.01. The molecule has 1 radical (unpaired) electrons. The fraction of sp³-hybridized carbons (Fsp3) is 0. The average Bonchev–Trinajstić information content (AvgIpc) is 0. The Kier molecular flexibility index (Phi) is 143. The smallest absolute Gasteiger partial charge is 1.00 e. The van der Waals surface area contributed by atoms with E-state index >= 15 is 0 Å². The first-order valence-electron chi connectivity index (χ1n) is 0. The van der Waals surface area contributed by atoms with Crippen molar-refractivity contribution in [3.8, 4) is 0 Å². The largest absolute Gasteiger partial charge is 2.00 e. The fourth-order valence-electron chi connectivity index (χ4n) is 0. The summed E-state index contributed by atoms with van der Waals surface area (Å²) in [6.07, 6.45) is 0. The molecule has 0 aromatic carbocycles. The van der Waals surface area contributed by atoms with Crippen LogP contribution in [0.25, 0.3) is 0 Å². The molecule has 1 nitrogen and oxygen atoms in total. The molecule has 0 aliphatic carbocycles. The molecule has 0 amide bonds. The van der Waals surface area contributed by atoms with Crippen LogP contribution in [0.15, 0.2) is 0 Å². The molecular weight excluding hydrogens is 167 g/mol. The molecule has 0 fully saturated rings. The van der Waals surface area contributed by atoms with Gasteiger partial charge in [0.1, 0.15) is 0 Å². The third-order valence-electron chi connectivity index (χ3n) is 0. The maximum absolute atomic E-state index is 0. The molecule has 4 heteroatoms. The summed E-state index contributed by atoms with van der Waals surface area (Å²) in [7, 11) is 0. The Hall–Kier alpha value is 2.45. The van der Waals surface area contributed by atoms with Gasteiger partial charge in [0.05, 0.1) is 0 Å². The standard InChI is InChI=1S/Ca.Cu.H2O.Ti.2H/h;;1H2;;;/q+2;;;;2*-1. The molecule has 0 unspecified atom stereocenters. The maximum atomic E-state index is 0. The van der Waals surface area contributed by atoms with E-state index in [1.807, 2.05) is 0 Å². The summed E-state index contributed by atoms with van der Waals surface area (Å²) in [5.74, 6) is 0. The van der Waals surface area contributed by atoms with Crippen LogP contribution in [0.2, 0.25) is 0 Å². The summed E-state index contributed by atoms with van der Waals surface area (Å²) < 4.78 is 0. The van der Waals surface area contributed by atoms with Crippen LogP contribution in [0.4, 0.5) is 0 Å². The number of hydrogen-bond donors (Lipinski definition) is 0. The first-order valence-corrected chi connectivity index (χ1v) is 0. The normalized spacial score (nSPS) is 0. The summed E-state index contributed by atoms with van der Waals surface area (Å²) in [5, 5.41) is 0. The van der Waals surface area contributed by atoms with Gasteiger partial charge in [0.2, 0.25) is 0 Å². The van der Waals surface area contributed by atoms with Crippen molar-refractivity contribution in [1.82, 2.24) is 0 Å². The molecular formula is H4CaCuOTi. The molecule has 0 atom stereocenters. The van der Waals surface area contributed by atoms with Crippen molar-refractivity contribution in [1.29, 1.82) is 0 Å². The predicted octanol–water partition coefficient (Wildman–Crippen LogP) is -0.986. The van der Waals surface area contributed by atoms with E-state index in [2.05, 4.69) is 0 Å². The zero-order chi connectivity index (χ0) is 0. The van der Waals surface area contributed by atoms with Gasteiger partial charge in [-0.15, -0.1) is 0 Å². The molecule has 0 rings (SSSR count). The van der Waals surface area contributed by atoms with Gasteiger partial charge in [0.25, 0.3) is 0 Å². The quantitative estimate of drug-likeness (QED) is 0.420. The van der Waals surface area contributed by atoms with Crippen LogP contribution < -0.4 is 0 Å². The zero-order valence-corrected chi connectivity index (χ0v) is 6.72. The molecule has 0 spiro atoms. The van der Waals surface area contributed by atoms with Gasteiger partial charge in [0.15, 0.2) is 0 Å². The van der Waals surface area contributed by atoms with Crippen molar-refractivity contribution in [3.05, 3.63) is 0 Å². The number of hydrogen-bond acceptors (Lipinski definition) is 0. The third-order valence-corrected chi connectivity index (χ3v) is 0. The van der Waals surface area contributed by atoms with Crippen molar-refractivity contribution in [3.63, 3.8) is 0 Å². The van der Waals surface area contributed by atoms with E-state index in [0.29, 0.717) is 0 Å². The Balaban J connectivity index is 0. The number of rotatable bonds is 0. The third kappa shape index (κ3) is 8.82. The van der Waals surface area contributed by atoms with Crippen molar-refractivity contribution in [2.24, 2.45) is 0 Å². The van der Waals surface area contributed by atoms with Gasteiger partial charge in [-0.25, -0.2) is 0 Å². The van der Waals surface area contributed by atoms with Crippen molar-refractivity contribution < 1.29 is 47.1 Å². The Labute approximate surface area is 83.5 Å². The second-order valence-electron chi connectivity index (χ2n) is 0. The Bertz CT molecular complexity index is 13.5. The SMILES string of the molecule is O.[Ca+2].[Cu].[H-].[H-].[Ti]. The van der Waals surface area contributed by atoms with E-state index in [-0.39, 0.29) is 84.9 Å². The van der Waals surface area contributed by atoms with Crippen LogP contribution in [0.3, 0.4) is 0 Å². The molecule has 4 heavy (non-hydrogen) atoms. The summed E-state index contributed by atoms with van der Waals surface area (Å²) in [6.45, 7) is 0. The van der Waals surface area contributed by atoms with E-state index in [9.17, 15) is 0 Å². The molecule has 0 aromatic heterocycles. The molecule has 0 aliphatic heterocycles. The maximum Gasteiger partial charge on any atom is 2.00 e. The topological polar surface area (TPSA) is 31.5 Å². The van der Waals surface area contributed by atoms with E-state index in [4.69, 9.17) is 0 Å². The minimum absolute atomic E-state index is 0.